The lowest BCUT2D eigenvalue weighted by molar-refractivity contribution is 0.0774. The van der Waals surface area contributed by atoms with E-state index >= 15 is 0 Å². The van der Waals surface area contributed by atoms with Crippen LogP contribution in [0.3, 0.4) is 0 Å². The summed E-state index contributed by atoms with van der Waals surface area (Å²) in [5.41, 5.74) is 8.08. The molecule has 0 radical (unpaired) electrons. The number of carbonyl (C=O) groups excluding carboxylic acids is 1. The van der Waals surface area contributed by atoms with Crippen molar-refractivity contribution >= 4 is 5.91 Å². The maximum atomic E-state index is 13.0. The Morgan fingerprint density at radius 1 is 1.45 bits per heavy atom. The largest absolute Gasteiger partial charge is 0.491 e. The van der Waals surface area contributed by atoms with Crippen LogP contribution in [0.5, 0.6) is 5.75 Å². The van der Waals surface area contributed by atoms with Gasteiger partial charge in [0.1, 0.15) is 12.4 Å². The summed E-state index contributed by atoms with van der Waals surface area (Å²) in [7, 11) is 0. The van der Waals surface area contributed by atoms with Crippen LogP contribution < -0.4 is 15.8 Å². The predicted octanol–water partition coefficient (Wildman–Crippen LogP) is 1.12. The van der Waals surface area contributed by atoms with E-state index in [-0.39, 0.29) is 11.4 Å². The Hall–Kier alpha value is -1.59. The van der Waals surface area contributed by atoms with E-state index in [4.69, 9.17) is 10.5 Å². The summed E-state index contributed by atoms with van der Waals surface area (Å²) in [6, 6.07) is 5.84. The van der Waals surface area contributed by atoms with Crippen LogP contribution >= 0.6 is 0 Å². The van der Waals surface area contributed by atoms with Gasteiger partial charge in [-0.2, -0.15) is 0 Å². The molecule has 118 valence electrons. The van der Waals surface area contributed by atoms with E-state index in [0.717, 1.165) is 43.8 Å². The van der Waals surface area contributed by atoms with E-state index in [9.17, 15) is 4.79 Å². The molecule has 22 heavy (non-hydrogen) atoms. The molecule has 1 aromatic rings. The molecule has 5 heteroatoms. The number of hydrogen-bond donors (Lipinski definition) is 2. The number of benzene rings is 1. The van der Waals surface area contributed by atoms with Crippen molar-refractivity contribution in [1.29, 1.82) is 0 Å². The van der Waals surface area contributed by atoms with Crippen molar-refractivity contribution in [3.05, 3.63) is 29.3 Å². The van der Waals surface area contributed by atoms with Crippen LogP contribution in [-0.4, -0.2) is 42.6 Å². The lowest BCUT2D eigenvalue weighted by Crippen LogP contribution is -2.44. The van der Waals surface area contributed by atoms with Gasteiger partial charge in [-0.15, -0.1) is 0 Å². The molecule has 2 unspecified atom stereocenters. The first-order valence-electron chi connectivity index (χ1n) is 8.21. The van der Waals surface area contributed by atoms with Crippen LogP contribution in [0, 0.1) is 5.92 Å². The molecular formula is C17H23N3O2. The summed E-state index contributed by atoms with van der Waals surface area (Å²) in [5, 5.41) is 3.31. The topological polar surface area (TPSA) is 67.6 Å². The Morgan fingerprint density at radius 2 is 2.36 bits per heavy atom. The number of nitrogens with one attached hydrogen (secondary N) is 1. The SMILES string of the molecule is NC12CCCC1CN(C(=O)c1cccc3c1OCCNC3)C2. The van der Waals surface area contributed by atoms with Crippen molar-refractivity contribution < 1.29 is 9.53 Å². The lowest BCUT2D eigenvalue weighted by Gasteiger charge is -2.23. The minimum absolute atomic E-state index is 0.0676. The van der Waals surface area contributed by atoms with Gasteiger partial charge in [-0.05, 0) is 24.8 Å². The molecule has 2 aliphatic heterocycles. The van der Waals surface area contributed by atoms with Crippen molar-refractivity contribution in [2.75, 3.05) is 26.2 Å². The number of hydrogen-bond acceptors (Lipinski definition) is 4. The highest BCUT2D eigenvalue weighted by Gasteiger charge is 2.48. The predicted molar refractivity (Wildman–Crippen MR) is 83.8 cm³/mol. The third-order valence-corrected chi connectivity index (χ3v) is 5.39. The summed E-state index contributed by atoms with van der Waals surface area (Å²) in [4.78, 5) is 14.9. The quantitative estimate of drug-likeness (QED) is 0.816. The summed E-state index contributed by atoms with van der Waals surface area (Å²) in [6.07, 6.45) is 3.38. The van der Waals surface area contributed by atoms with Gasteiger partial charge in [-0.1, -0.05) is 18.6 Å². The van der Waals surface area contributed by atoms with Crippen LogP contribution in [0.4, 0.5) is 0 Å². The molecule has 5 nitrogen and oxygen atoms in total. The van der Waals surface area contributed by atoms with Gasteiger partial charge in [0.25, 0.3) is 5.91 Å². The molecule has 2 fully saturated rings. The van der Waals surface area contributed by atoms with Gasteiger partial charge < -0.3 is 20.7 Å². The monoisotopic (exact) mass is 301 g/mol. The first kappa shape index (κ1) is 14.0. The van der Waals surface area contributed by atoms with E-state index < -0.39 is 0 Å². The first-order chi connectivity index (χ1) is 10.7. The second kappa shape index (κ2) is 5.25. The molecule has 2 heterocycles. The fourth-order valence-electron chi connectivity index (χ4n) is 4.17. The first-order valence-corrected chi connectivity index (χ1v) is 8.21. The molecule has 2 atom stereocenters. The Labute approximate surface area is 130 Å². The zero-order chi connectivity index (χ0) is 15.2. The van der Waals surface area contributed by atoms with Gasteiger partial charge in [0, 0.05) is 37.3 Å². The number of ether oxygens (including phenoxy) is 1. The maximum absolute atomic E-state index is 13.0. The van der Waals surface area contributed by atoms with Gasteiger partial charge in [-0.3, -0.25) is 4.79 Å². The summed E-state index contributed by atoms with van der Waals surface area (Å²) in [6.45, 7) is 3.62. The lowest BCUT2D eigenvalue weighted by atomic mass is 9.92. The van der Waals surface area contributed by atoms with E-state index in [2.05, 4.69) is 5.32 Å². The highest BCUT2D eigenvalue weighted by Crippen LogP contribution is 2.40. The Bertz CT molecular complexity index is 604. The van der Waals surface area contributed by atoms with E-state index in [1.807, 2.05) is 23.1 Å². The molecular weight excluding hydrogens is 278 g/mol. The number of carbonyl (C=O) groups is 1. The molecule has 1 saturated heterocycles. The summed E-state index contributed by atoms with van der Waals surface area (Å²) >= 11 is 0. The Morgan fingerprint density at radius 3 is 3.23 bits per heavy atom. The number of nitrogens with zero attached hydrogens (tertiary/aromatic N) is 1. The smallest absolute Gasteiger partial charge is 0.257 e. The van der Waals surface area contributed by atoms with Gasteiger partial charge in [0.05, 0.1) is 5.56 Å². The molecule has 3 N–H and O–H groups in total. The van der Waals surface area contributed by atoms with Crippen molar-refractivity contribution in [2.24, 2.45) is 11.7 Å². The second-order valence-electron chi connectivity index (χ2n) is 6.83. The number of fused-ring (bicyclic) bond motifs is 2. The number of amides is 1. The average molecular weight is 301 g/mol. The van der Waals surface area contributed by atoms with Crippen LogP contribution in [0.2, 0.25) is 0 Å². The van der Waals surface area contributed by atoms with E-state index in [1.165, 1.54) is 6.42 Å². The van der Waals surface area contributed by atoms with Gasteiger partial charge in [-0.25, -0.2) is 0 Å². The zero-order valence-corrected chi connectivity index (χ0v) is 12.8. The molecule has 0 spiro atoms. The molecule has 1 aromatic carbocycles. The number of para-hydroxylation sites is 1. The molecule has 0 aromatic heterocycles. The molecule has 1 amide bonds. The number of nitrogens with two attached hydrogens (primary N) is 1. The van der Waals surface area contributed by atoms with Crippen LogP contribution in [0.1, 0.15) is 35.2 Å². The van der Waals surface area contributed by atoms with Crippen molar-refractivity contribution in [1.82, 2.24) is 10.2 Å². The van der Waals surface area contributed by atoms with Gasteiger partial charge >= 0.3 is 0 Å². The van der Waals surface area contributed by atoms with Gasteiger partial charge in [0.2, 0.25) is 0 Å². The average Bonchev–Trinajstić information content (AvgIpc) is 2.90. The zero-order valence-electron chi connectivity index (χ0n) is 12.8. The minimum Gasteiger partial charge on any atom is -0.491 e. The van der Waals surface area contributed by atoms with Crippen molar-refractivity contribution in [2.45, 2.75) is 31.3 Å². The third-order valence-electron chi connectivity index (χ3n) is 5.39. The molecule has 3 aliphatic rings. The molecule has 0 bridgehead atoms. The highest BCUT2D eigenvalue weighted by atomic mass is 16.5. The maximum Gasteiger partial charge on any atom is 0.257 e. The van der Waals surface area contributed by atoms with Crippen LogP contribution in [0.15, 0.2) is 18.2 Å². The van der Waals surface area contributed by atoms with Crippen molar-refractivity contribution in [3.63, 3.8) is 0 Å². The summed E-state index contributed by atoms with van der Waals surface area (Å²) < 4.78 is 5.84. The highest BCUT2D eigenvalue weighted by molar-refractivity contribution is 5.97. The number of rotatable bonds is 1. The standard InChI is InChI=1S/C17H23N3O2/c18-17-6-2-4-13(17)10-20(11-17)16(21)14-5-1-3-12-9-19-7-8-22-15(12)14/h1,3,5,13,19H,2,4,6-11,18H2. The van der Waals surface area contributed by atoms with Crippen LogP contribution in [0.25, 0.3) is 0 Å². The van der Waals surface area contributed by atoms with E-state index in [1.54, 1.807) is 0 Å². The normalized spacial score (nSPS) is 30.4. The molecule has 1 aliphatic carbocycles. The second-order valence-corrected chi connectivity index (χ2v) is 6.83. The Kier molecular flexibility index (Phi) is 3.35. The fraction of sp³-hybridized carbons (Fsp3) is 0.588. The van der Waals surface area contributed by atoms with Gasteiger partial charge in [0.15, 0.2) is 0 Å². The number of likely N-dealkylation sites (tertiary alicyclic amines) is 1. The molecule has 4 rings (SSSR count). The van der Waals surface area contributed by atoms with Crippen LogP contribution in [-0.2, 0) is 6.54 Å². The van der Waals surface area contributed by atoms with E-state index in [0.29, 0.717) is 24.6 Å². The summed E-state index contributed by atoms with van der Waals surface area (Å²) in [5.74, 6) is 1.28. The Balaban J connectivity index is 1.61. The molecule has 1 saturated carbocycles. The minimum atomic E-state index is -0.163. The third kappa shape index (κ3) is 2.20. The fourth-order valence-corrected chi connectivity index (χ4v) is 4.17. The van der Waals surface area contributed by atoms with Crippen molar-refractivity contribution in [3.8, 4) is 5.75 Å².